The maximum absolute atomic E-state index is 16.6. The molecule has 0 saturated carbocycles. The summed E-state index contributed by atoms with van der Waals surface area (Å²) in [7, 11) is 0. The minimum atomic E-state index is -4.24. The van der Waals surface area contributed by atoms with E-state index in [9.17, 15) is 0 Å². The molecule has 3 heterocycles. The van der Waals surface area contributed by atoms with E-state index in [1.165, 1.54) is 0 Å². The van der Waals surface area contributed by atoms with Gasteiger partial charge in [0, 0.05) is 52.0 Å². The van der Waals surface area contributed by atoms with E-state index in [1.54, 1.807) is 36.4 Å². The Morgan fingerprint density at radius 2 is 0.857 bits per heavy atom. The van der Waals surface area contributed by atoms with Crippen molar-refractivity contribution in [3.8, 4) is 0 Å². The lowest BCUT2D eigenvalue weighted by atomic mass is 9.93. The molecule has 270 valence electrons. The molecular weight excluding hydrogens is 695 g/mol. The van der Waals surface area contributed by atoms with Gasteiger partial charge in [-0.25, -0.2) is 0 Å². The molecule has 0 saturated heterocycles. The molecule has 9 rings (SSSR count). The molecule has 1 aromatic heterocycles. The minimum absolute atomic E-state index is 0.226. The van der Waals surface area contributed by atoms with Crippen LogP contribution in [0.1, 0.15) is 16.8 Å². The number of aromatic nitrogens is 1. The van der Waals surface area contributed by atoms with Crippen LogP contribution in [0, 0.1) is 0 Å². The van der Waals surface area contributed by atoms with Crippen molar-refractivity contribution in [3.05, 3.63) is 217 Å². The molecule has 0 bridgehead atoms. The quantitative estimate of drug-likeness (QED) is 0.131. The third kappa shape index (κ3) is 6.69. The number of hydrogen-bond donors (Lipinski definition) is 0. The van der Waals surface area contributed by atoms with Gasteiger partial charge < -0.3 is 27.4 Å². The molecule has 0 unspecified atom stereocenters. The number of anilines is 6. The molecule has 0 N–H and O–H groups in total. The van der Waals surface area contributed by atoms with Gasteiger partial charge in [-0.05, 0) is 113 Å². The number of amidine groups is 1. The Kier molecular flexibility index (Phi) is 9.13. The van der Waals surface area contributed by atoms with Crippen LogP contribution in [0.2, 0.25) is 0 Å². The lowest BCUT2D eigenvalue weighted by Crippen LogP contribution is -2.52. The van der Waals surface area contributed by atoms with Crippen molar-refractivity contribution in [3.63, 3.8) is 0 Å². The Morgan fingerprint density at radius 3 is 1.30 bits per heavy atom. The molecule has 8 heteroatoms. The van der Waals surface area contributed by atoms with Gasteiger partial charge >= 0.3 is 6.97 Å². The van der Waals surface area contributed by atoms with Gasteiger partial charge in [0.1, 0.15) is 0 Å². The first kappa shape index (κ1) is 34.5. The Morgan fingerprint density at radius 1 is 0.446 bits per heavy atom. The molecule has 2 aliphatic heterocycles. The summed E-state index contributed by atoms with van der Waals surface area (Å²) in [5, 5.41) is 0. The molecule has 0 spiro atoms. The molecular formula is C48H36BF2N5. The number of hydrogen-bond acceptors (Lipinski definition) is 3. The van der Waals surface area contributed by atoms with Crippen LogP contribution in [0.3, 0.4) is 0 Å². The summed E-state index contributed by atoms with van der Waals surface area (Å²) in [5.74, 6) is 0.453. The van der Waals surface area contributed by atoms with Crippen molar-refractivity contribution >= 4 is 76.7 Å². The number of fused-ring (bicyclic) bond motifs is 2. The summed E-state index contributed by atoms with van der Waals surface area (Å²) in [5.41, 5.74) is 8.68. The van der Waals surface area contributed by atoms with Crippen LogP contribution in [0.5, 0.6) is 0 Å². The van der Waals surface area contributed by atoms with Gasteiger partial charge in [0.25, 0.3) is 5.84 Å². The average molecular weight is 732 g/mol. The van der Waals surface area contributed by atoms with Crippen LogP contribution in [-0.2, 0) is 0 Å². The summed E-state index contributed by atoms with van der Waals surface area (Å²) in [4.78, 5) is 8.98. The molecule has 7 aromatic rings. The second kappa shape index (κ2) is 14.8. The number of halogens is 2. The van der Waals surface area contributed by atoms with E-state index < -0.39 is 6.97 Å². The highest BCUT2D eigenvalue weighted by Gasteiger charge is 2.49. The van der Waals surface area contributed by atoms with Crippen LogP contribution in [0.15, 0.2) is 205 Å². The van der Waals surface area contributed by atoms with E-state index in [0.29, 0.717) is 11.4 Å². The fraction of sp³-hybridized carbons (Fsp3) is 0. The summed E-state index contributed by atoms with van der Waals surface area (Å²) in [6.45, 7) is -4.24. The fourth-order valence-corrected chi connectivity index (χ4v) is 7.30. The van der Waals surface area contributed by atoms with Crippen LogP contribution in [-0.4, -0.2) is 27.5 Å². The SMILES string of the molecule is F[B-]1(F)n2c(/C=C/c3ccc(N(c4ccccc4)c4ccccc4)cc3)ccc2N=C2C=CC(/C=C/c3ccc(N(c4ccccc4)c4ccccc4)cc3)=[N+]21. The number of nitrogens with zero attached hydrogens (tertiary/aromatic N) is 5. The maximum atomic E-state index is 16.6. The lowest BCUT2D eigenvalue weighted by molar-refractivity contribution is -0.292. The van der Waals surface area contributed by atoms with Gasteiger partial charge in [-0.2, -0.15) is 0 Å². The van der Waals surface area contributed by atoms with Gasteiger partial charge in [-0.1, -0.05) is 109 Å². The van der Waals surface area contributed by atoms with Gasteiger partial charge in [0.05, 0.1) is 5.71 Å². The van der Waals surface area contributed by atoms with Crippen LogP contribution < -0.4 is 9.80 Å². The van der Waals surface area contributed by atoms with Crippen LogP contribution >= 0.6 is 0 Å². The summed E-state index contributed by atoms with van der Waals surface area (Å²) in [6, 6.07) is 60.3. The molecule has 6 aromatic carbocycles. The van der Waals surface area contributed by atoms with Gasteiger partial charge in [0.2, 0.25) is 5.82 Å². The molecule has 0 fully saturated rings. The summed E-state index contributed by atoms with van der Waals surface area (Å²) >= 11 is 0. The number of para-hydroxylation sites is 4. The highest BCUT2D eigenvalue weighted by atomic mass is 19.2. The van der Waals surface area contributed by atoms with Gasteiger partial charge in [0.15, 0.2) is 0 Å². The zero-order valence-corrected chi connectivity index (χ0v) is 30.4. The van der Waals surface area contributed by atoms with Gasteiger partial charge in [-0.15, -0.1) is 0 Å². The highest BCUT2D eigenvalue weighted by Crippen LogP contribution is 2.37. The largest absolute Gasteiger partial charge is 0.642 e. The highest BCUT2D eigenvalue weighted by molar-refractivity contribution is 6.60. The zero-order valence-electron chi connectivity index (χ0n) is 30.4. The molecule has 0 amide bonds. The molecule has 2 aliphatic rings. The van der Waals surface area contributed by atoms with Crippen molar-refractivity contribution in [2.45, 2.75) is 0 Å². The Bertz CT molecular complexity index is 2550. The molecule has 0 aliphatic carbocycles. The fourth-order valence-electron chi connectivity index (χ4n) is 7.30. The second-order valence-corrected chi connectivity index (χ2v) is 13.5. The first-order valence-corrected chi connectivity index (χ1v) is 18.6. The van der Waals surface area contributed by atoms with E-state index in [1.807, 2.05) is 133 Å². The smallest absolute Gasteiger partial charge is 0.414 e. The van der Waals surface area contributed by atoms with Crippen molar-refractivity contribution in [1.82, 2.24) is 4.48 Å². The molecule has 56 heavy (non-hydrogen) atoms. The van der Waals surface area contributed by atoms with E-state index in [0.717, 1.165) is 54.2 Å². The second-order valence-electron chi connectivity index (χ2n) is 13.5. The molecule has 0 atom stereocenters. The topological polar surface area (TPSA) is 26.8 Å². The normalized spacial score (nSPS) is 14.2. The summed E-state index contributed by atoms with van der Waals surface area (Å²) < 4.78 is 35.3. The van der Waals surface area contributed by atoms with E-state index in [2.05, 4.69) is 63.3 Å². The number of rotatable bonds is 10. The molecule has 0 radical (unpaired) electrons. The zero-order chi connectivity index (χ0) is 37.9. The van der Waals surface area contributed by atoms with E-state index >= 15 is 8.63 Å². The van der Waals surface area contributed by atoms with E-state index in [-0.39, 0.29) is 11.7 Å². The van der Waals surface area contributed by atoms with E-state index in [4.69, 9.17) is 0 Å². The monoisotopic (exact) mass is 731 g/mol. The number of aliphatic imine (C=N–C) groups is 1. The number of allylic oxidation sites excluding steroid dienone is 2. The Labute approximate surface area is 325 Å². The van der Waals surface area contributed by atoms with Crippen LogP contribution in [0.25, 0.3) is 18.2 Å². The predicted octanol–water partition coefficient (Wildman–Crippen LogP) is 12.6. The van der Waals surface area contributed by atoms with Crippen molar-refractivity contribution < 1.29 is 13.1 Å². The Hall–Kier alpha value is -7.32. The third-order valence-electron chi connectivity index (χ3n) is 9.96. The van der Waals surface area contributed by atoms with Crippen LogP contribution in [0.4, 0.5) is 48.6 Å². The first-order chi connectivity index (χ1) is 27.5. The molecule has 5 nitrogen and oxygen atoms in total. The predicted molar refractivity (Wildman–Crippen MR) is 230 cm³/mol. The summed E-state index contributed by atoms with van der Waals surface area (Å²) in [6.07, 6.45) is 10.5. The average Bonchev–Trinajstić information content (AvgIpc) is 3.87. The standard InChI is InChI=1S/C48H36BF2N5/c50-49(51)55-45(31-25-37-21-27-43(28-22-37)53(39-13-5-1-6-14-39)40-15-7-2-8-16-40)33-35-47(55)52-48-36-34-46(56(48)49)32-26-38-23-29-44(30-24-38)54(41-17-9-3-10-18-41)42-19-11-4-12-20-42/h1-36H/b31-25+,32-26+. The number of benzene rings is 6. The van der Waals surface area contributed by atoms with Gasteiger partial charge in [-0.3, -0.25) is 0 Å². The maximum Gasteiger partial charge on any atom is 0.642 e. The lowest BCUT2D eigenvalue weighted by Gasteiger charge is -2.30. The Balaban J connectivity index is 0.960. The third-order valence-corrected chi connectivity index (χ3v) is 9.96. The van der Waals surface area contributed by atoms with Crippen molar-refractivity contribution in [2.75, 3.05) is 9.80 Å². The minimum Gasteiger partial charge on any atom is -0.414 e. The van der Waals surface area contributed by atoms with Crippen molar-refractivity contribution in [1.29, 1.82) is 0 Å². The van der Waals surface area contributed by atoms with Crippen molar-refractivity contribution in [2.24, 2.45) is 4.99 Å². The first-order valence-electron chi connectivity index (χ1n) is 18.6.